The molecule has 0 aromatic carbocycles. The van der Waals surface area contributed by atoms with E-state index in [1.165, 1.54) is 0 Å². The number of carbonyl (C=O) groups is 2. The van der Waals surface area contributed by atoms with Crippen LogP contribution in [0.4, 0.5) is 0 Å². The lowest BCUT2D eigenvalue weighted by molar-refractivity contribution is -0.124. The van der Waals surface area contributed by atoms with Crippen molar-refractivity contribution in [3.05, 3.63) is 16.6 Å². The normalized spacial score (nSPS) is 20.4. The van der Waals surface area contributed by atoms with E-state index < -0.39 is 8.07 Å². The third-order valence-electron chi connectivity index (χ3n) is 8.01. The van der Waals surface area contributed by atoms with Crippen LogP contribution < -0.4 is 5.32 Å². The Balaban J connectivity index is 1.63. The number of Topliss-reactive ketones (excluding diaryl/α,β-unsaturated/α-hetero) is 1. The third kappa shape index (κ3) is 8.50. The molecular weight excluding hydrogens is 536 g/mol. The van der Waals surface area contributed by atoms with E-state index in [1.807, 2.05) is 17.7 Å². The first kappa shape index (κ1) is 29.5. The Labute approximate surface area is 227 Å². The second kappa shape index (κ2) is 13.2. The van der Waals surface area contributed by atoms with Gasteiger partial charge in [0.15, 0.2) is 0 Å². The Morgan fingerprint density at radius 1 is 1.25 bits per heavy atom. The first-order valence-corrected chi connectivity index (χ1v) is 18.3. The molecule has 1 saturated heterocycles. The number of amides is 1. The molecule has 36 heavy (non-hydrogen) atoms. The minimum Gasteiger partial charge on any atom is -0.361 e. The molecule has 1 aromatic rings. The average Bonchev–Trinajstić information content (AvgIpc) is 3.42. The molecule has 3 rings (SSSR count). The van der Waals surface area contributed by atoms with E-state index in [2.05, 4.69) is 52.8 Å². The van der Waals surface area contributed by atoms with Gasteiger partial charge in [0.05, 0.1) is 12.2 Å². The number of piperidine rings is 1. The molecule has 9 heteroatoms. The lowest BCUT2D eigenvalue weighted by Gasteiger charge is -2.30. The second-order valence-corrected chi connectivity index (χ2v) is 18.6. The smallest absolute Gasteiger partial charge is 0.224 e. The zero-order valence-electron chi connectivity index (χ0n) is 23.1. The van der Waals surface area contributed by atoms with Crippen LogP contribution in [0.1, 0.15) is 76.6 Å². The molecule has 0 bridgehead atoms. The van der Waals surface area contributed by atoms with Gasteiger partial charge in [-0.25, -0.2) is 4.98 Å². The molecular formula is C27H47BrN4O3Si. The Kier molecular flexibility index (Phi) is 10.8. The number of rotatable bonds is 15. The molecule has 2 heterocycles. The summed E-state index contributed by atoms with van der Waals surface area (Å²) in [5.41, 5.74) is 0.206. The topological polar surface area (TPSA) is 76.5 Å². The van der Waals surface area contributed by atoms with E-state index in [0.717, 1.165) is 81.1 Å². The molecule has 0 unspecified atom stereocenters. The number of unbranched alkanes of at least 4 members (excludes halogenated alkanes) is 2. The average molecular weight is 584 g/mol. The molecule has 204 valence electrons. The minimum atomic E-state index is -1.16. The van der Waals surface area contributed by atoms with Crippen molar-refractivity contribution in [3.63, 3.8) is 0 Å². The Morgan fingerprint density at radius 2 is 1.97 bits per heavy atom. The Bertz CT molecular complexity index is 877. The molecule has 2 fully saturated rings. The summed E-state index contributed by atoms with van der Waals surface area (Å²) in [6.07, 6.45) is 9.96. The summed E-state index contributed by atoms with van der Waals surface area (Å²) in [5, 5.41) is 3.38. The van der Waals surface area contributed by atoms with Gasteiger partial charge in [-0.1, -0.05) is 39.4 Å². The first-order valence-electron chi connectivity index (χ1n) is 13.8. The molecule has 0 radical (unpaired) electrons. The quantitative estimate of drug-likeness (QED) is 0.209. The van der Waals surface area contributed by atoms with Gasteiger partial charge < -0.3 is 15.0 Å². The highest BCUT2D eigenvalue weighted by atomic mass is 79.9. The molecule has 1 aliphatic heterocycles. The van der Waals surface area contributed by atoms with Crippen molar-refractivity contribution in [3.8, 4) is 0 Å². The Morgan fingerprint density at radius 3 is 2.64 bits per heavy atom. The number of ketones is 1. The number of hydrogen-bond donors (Lipinski definition) is 1. The molecule has 1 aliphatic carbocycles. The summed E-state index contributed by atoms with van der Waals surface area (Å²) >= 11 is 3.64. The van der Waals surface area contributed by atoms with Gasteiger partial charge in [0.25, 0.3) is 0 Å². The number of aromatic nitrogens is 2. The highest BCUT2D eigenvalue weighted by molar-refractivity contribution is 9.10. The second-order valence-electron chi connectivity index (χ2n) is 12.2. The van der Waals surface area contributed by atoms with Crippen LogP contribution in [-0.2, 0) is 21.1 Å². The van der Waals surface area contributed by atoms with Gasteiger partial charge in [0.1, 0.15) is 22.9 Å². The Hall–Kier alpha value is -1.03. The molecule has 1 N–H and O–H groups in total. The van der Waals surface area contributed by atoms with Crippen molar-refractivity contribution in [1.82, 2.24) is 19.8 Å². The molecule has 1 saturated carbocycles. The van der Waals surface area contributed by atoms with Crippen LogP contribution in [0, 0.1) is 11.3 Å². The number of ether oxygens (including phenoxy) is 1. The highest BCUT2D eigenvalue weighted by Gasteiger charge is 2.58. The summed E-state index contributed by atoms with van der Waals surface area (Å²) in [6.45, 7) is 12.3. The van der Waals surface area contributed by atoms with E-state index in [-0.39, 0.29) is 23.3 Å². The van der Waals surface area contributed by atoms with Crippen molar-refractivity contribution in [2.24, 2.45) is 11.3 Å². The zero-order chi connectivity index (χ0) is 26.3. The molecule has 7 nitrogen and oxygen atoms in total. The van der Waals surface area contributed by atoms with Crippen LogP contribution in [0.15, 0.2) is 10.8 Å². The largest absolute Gasteiger partial charge is 0.361 e. The van der Waals surface area contributed by atoms with Crippen molar-refractivity contribution in [2.45, 2.75) is 103 Å². The predicted molar refractivity (Wildman–Crippen MR) is 151 cm³/mol. The summed E-state index contributed by atoms with van der Waals surface area (Å²) in [4.78, 5) is 32.1. The number of carbonyl (C=O) groups excluding carboxylic acids is 2. The summed E-state index contributed by atoms with van der Waals surface area (Å²) in [5.74, 6) is 1.48. The minimum absolute atomic E-state index is 0.121. The molecule has 1 amide bonds. The fourth-order valence-corrected chi connectivity index (χ4v) is 6.35. The first-order chi connectivity index (χ1) is 17.0. The molecule has 1 aromatic heterocycles. The van der Waals surface area contributed by atoms with Crippen LogP contribution in [0.2, 0.25) is 25.7 Å². The fraction of sp³-hybridized carbons (Fsp3) is 0.815. The predicted octanol–water partition coefficient (Wildman–Crippen LogP) is 5.78. The van der Waals surface area contributed by atoms with E-state index in [9.17, 15) is 9.59 Å². The SMILES string of the molecule is CCC(=O)CCCCC[C@H](NC(=O)[C@H]1CC12CCN(C)CC2)c1ncc(Br)n1COCC[Si](C)(C)C. The van der Waals surface area contributed by atoms with Gasteiger partial charge in [-0.15, -0.1) is 0 Å². The number of nitrogens with one attached hydrogen (secondary N) is 1. The summed E-state index contributed by atoms with van der Waals surface area (Å²) in [7, 11) is 1.00. The number of likely N-dealkylation sites (tertiary alicyclic amines) is 1. The van der Waals surface area contributed by atoms with E-state index in [1.54, 1.807) is 0 Å². The maximum atomic E-state index is 13.4. The number of imidazole rings is 1. The maximum Gasteiger partial charge on any atom is 0.224 e. The van der Waals surface area contributed by atoms with Crippen LogP contribution in [0.25, 0.3) is 0 Å². The lowest BCUT2D eigenvalue weighted by Crippen LogP contribution is -2.36. The molecule has 1 spiro atoms. The standard InChI is InChI=1S/C27H47BrN4O3Si/c1-6-21(33)10-8-7-9-11-23(30-26(34)22-18-27(22)12-14-31(2)15-13-27)25-29-19-24(28)32(25)20-35-16-17-36(3,4)5/h19,22-23H,6-18,20H2,1-5H3,(H,30,34)/t22-,23+/m1/s1. The van der Waals surface area contributed by atoms with Crippen molar-refractivity contribution >= 4 is 35.7 Å². The highest BCUT2D eigenvalue weighted by Crippen LogP contribution is 2.59. The monoisotopic (exact) mass is 582 g/mol. The number of nitrogens with zero attached hydrogens (tertiary/aromatic N) is 3. The number of halogens is 1. The maximum absolute atomic E-state index is 13.4. The summed E-state index contributed by atoms with van der Waals surface area (Å²) in [6, 6.07) is 0.958. The van der Waals surface area contributed by atoms with E-state index >= 15 is 0 Å². The third-order valence-corrected chi connectivity index (χ3v) is 10.4. The van der Waals surface area contributed by atoms with Gasteiger partial charge in [0.2, 0.25) is 5.91 Å². The van der Waals surface area contributed by atoms with Gasteiger partial charge in [0, 0.05) is 33.4 Å². The van der Waals surface area contributed by atoms with Crippen LogP contribution in [0.5, 0.6) is 0 Å². The van der Waals surface area contributed by atoms with Gasteiger partial charge in [-0.2, -0.15) is 0 Å². The molecule has 2 atom stereocenters. The van der Waals surface area contributed by atoms with Crippen molar-refractivity contribution in [2.75, 3.05) is 26.7 Å². The van der Waals surface area contributed by atoms with Crippen molar-refractivity contribution in [1.29, 1.82) is 0 Å². The van der Waals surface area contributed by atoms with Crippen molar-refractivity contribution < 1.29 is 14.3 Å². The molecule has 2 aliphatic rings. The van der Waals surface area contributed by atoms with Crippen LogP contribution >= 0.6 is 15.9 Å². The number of hydrogen-bond acceptors (Lipinski definition) is 5. The van der Waals surface area contributed by atoms with Crippen LogP contribution in [-0.4, -0.2) is 61.0 Å². The van der Waals surface area contributed by atoms with Gasteiger partial charge in [-0.05, 0) is 79.6 Å². The van der Waals surface area contributed by atoms with Crippen LogP contribution in [0.3, 0.4) is 0 Å². The lowest BCUT2D eigenvalue weighted by atomic mass is 9.91. The van der Waals surface area contributed by atoms with Gasteiger partial charge in [-0.3, -0.25) is 14.2 Å². The van der Waals surface area contributed by atoms with E-state index in [4.69, 9.17) is 9.72 Å². The van der Waals surface area contributed by atoms with E-state index in [0.29, 0.717) is 25.4 Å². The summed E-state index contributed by atoms with van der Waals surface area (Å²) < 4.78 is 8.97. The fourth-order valence-electron chi connectivity index (χ4n) is 5.21. The van der Waals surface area contributed by atoms with Gasteiger partial charge >= 0.3 is 0 Å². The zero-order valence-corrected chi connectivity index (χ0v) is 25.7.